The molecule has 1 heterocycles. The molecule has 1 aliphatic heterocycles. The normalized spacial score (nSPS) is 26.3. The van der Waals surface area contributed by atoms with E-state index in [0.29, 0.717) is 0 Å². The van der Waals surface area contributed by atoms with Gasteiger partial charge in [0.2, 0.25) is 0 Å². The van der Waals surface area contributed by atoms with Gasteiger partial charge in [0.15, 0.2) is 0 Å². The smallest absolute Gasteiger partial charge is 0.0207 e. The van der Waals surface area contributed by atoms with Crippen LogP contribution in [0.25, 0.3) is 0 Å². The molecule has 0 saturated carbocycles. The van der Waals surface area contributed by atoms with Crippen molar-refractivity contribution in [2.24, 2.45) is 10.8 Å². The number of rotatable bonds is 0. The van der Waals surface area contributed by atoms with Crippen LogP contribution in [0.4, 0.5) is 0 Å². The van der Waals surface area contributed by atoms with Crippen LogP contribution < -0.4 is 0 Å². The van der Waals surface area contributed by atoms with E-state index in [1.165, 1.54) is 10.5 Å². The number of fused-ring (bicyclic) bond motifs is 1. The molecule has 0 nitrogen and oxygen atoms in total. The molecule has 0 spiro atoms. The summed E-state index contributed by atoms with van der Waals surface area (Å²) in [4.78, 5) is 1.45. The second-order valence-electron chi connectivity index (χ2n) is 7.98. The van der Waals surface area contributed by atoms with E-state index in [9.17, 15) is 0 Å². The molecule has 1 heteroatoms. The average Bonchev–Trinajstić information content (AvgIpc) is 2.29. The van der Waals surface area contributed by atoms with Crippen LogP contribution >= 0.6 is 11.8 Å². The van der Waals surface area contributed by atoms with E-state index in [0.717, 1.165) is 0 Å². The van der Waals surface area contributed by atoms with Crippen LogP contribution in [0.5, 0.6) is 0 Å². The van der Waals surface area contributed by atoms with Crippen LogP contribution in [-0.2, 0) is 5.41 Å². The Balaban J connectivity index is 2.78. The van der Waals surface area contributed by atoms with Gasteiger partial charge in [-0.1, -0.05) is 59.7 Å². The van der Waals surface area contributed by atoms with Crippen LogP contribution in [0.3, 0.4) is 0 Å². The molecule has 19 heavy (non-hydrogen) atoms. The monoisotopic (exact) mass is 276 g/mol. The highest BCUT2D eigenvalue weighted by molar-refractivity contribution is 8.00. The summed E-state index contributed by atoms with van der Waals surface area (Å²) in [5.74, 6) is 0. The standard InChI is InChI=1S/C18H28S/c1-15(2)13-11-9-10-12-14(13)19-18(7,8)17(5,6)16(15,3)4/h9-12H,1-8H3. The summed E-state index contributed by atoms with van der Waals surface area (Å²) in [5.41, 5.74) is 2.10. The molecule has 106 valence electrons. The molecular weight excluding hydrogens is 248 g/mol. The zero-order chi connectivity index (χ0) is 14.7. The van der Waals surface area contributed by atoms with Crippen molar-refractivity contribution in [2.75, 3.05) is 0 Å². The van der Waals surface area contributed by atoms with E-state index in [-0.39, 0.29) is 21.0 Å². The molecule has 2 rings (SSSR count). The Bertz CT molecular complexity index is 492. The maximum Gasteiger partial charge on any atom is 0.0207 e. The molecule has 0 radical (unpaired) electrons. The lowest BCUT2D eigenvalue weighted by Crippen LogP contribution is -2.53. The van der Waals surface area contributed by atoms with Gasteiger partial charge in [0, 0.05) is 9.64 Å². The topological polar surface area (TPSA) is 0 Å². The van der Waals surface area contributed by atoms with Crippen LogP contribution in [0, 0.1) is 10.8 Å². The van der Waals surface area contributed by atoms with Crippen LogP contribution in [0.15, 0.2) is 29.2 Å². The van der Waals surface area contributed by atoms with Gasteiger partial charge in [-0.2, -0.15) is 0 Å². The Kier molecular flexibility index (Phi) is 3.18. The summed E-state index contributed by atoms with van der Waals surface area (Å²) < 4.78 is 0.209. The lowest BCUT2D eigenvalue weighted by atomic mass is 9.50. The highest BCUT2D eigenvalue weighted by Crippen LogP contribution is 2.64. The molecule has 0 bridgehead atoms. The Morgan fingerprint density at radius 2 is 1.26 bits per heavy atom. The Morgan fingerprint density at radius 3 is 1.84 bits per heavy atom. The van der Waals surface area contributed by atoms with Crippen LogP contribution in [0.2, 0.25) is 0 Å². The van der Waals surface area contributed by atoms with Crippen LogP contribution in [-0.4, -0.2) is 4.75 Å². The largest absolute Gasteiger partial charge is 0.119 e. The van der Waals surface area contributed by atoms with Crippen molar-refractivity contribution < 1.29 is 0 Å². The van der Waals surface area contributed by atoms with Crippen molar-refractivity contribution in [3.63, 3.8) is 0 Å². The van der Waals surface area contributed by atoms with Gasteiger partial charge < -0.3 is 0 Å². The van der Waals surface area contributed by atoms with Gasteiger partial charge in [0.1, 0.15) is 0 Å². The number of thioether (sulfide) groups is 1. The summed E-state index contributed by atoms with van der Waals surface area (Å²) in [5, 5.41) is 0. The first-order chi connectivity index (χ1) is 8.45. The van der Waals surface area contributed by atoms with Gasteiger partial charge in [-0.3, -0.25) is 0 Å². The number of benzene rings is 1. The predicted octanol–water partition coefficient (Wildman–Crippen LogP) is 5.90. The fourth-order valence-corrected chi connectivity index (χ4v) is 4.98. The fourth-order valence-electron chi connectivity index (χ4n) is 3.34. The predicted molar refractivity (Wildman–Crippen MR) is 87.0 cm³/mol. The Morgan fingerprint density at radius 1 is 0.737 bits per heavy atom. The van der Waals surface area contributed by atoms with Crippen molar-refractivity contribution >= 4 is 11.8 Å². The third-order valence-electron chi connectivity index (χ3n) is 6.56. The molecule has 0 amide bonds. The first-order valence-corrected chi connectivity index (χ1v) is 8.05. The van der Waals surface area contributed by atoms with Crippen molar-refractivity contribution in [3.05, 3.63) is 29.8 Å². The molecule has 0 N–H and O–H groups in total. The molecule has 1 aromatic rings. The minimum atomic E-state index is 0.161. The summed E-state index contributed by atoms with van der Waals surface area (Å²) in [6.07, 6.45) is 0. The lowest BCUT2D eigenvalue weighted by Gasteiger charge is -2.56. The van der Waals surface area contributed by atoms with Crippen LogP contribution in [0.1, 0.15) is 61.0 Å². The second kappa shape index (κ2) is 4.04. The maximum absolute atomic E-state index is 2.44. The summed E-state index contributed by atoms with van der Waals surface area (Å²) in [7, 11) is 0. The van der Waals surface area contributed by atoms with Gasteiger partial charge in [-0.05, 0) is 41.7 Å². The average molecular weight is 276 g/mol. The van der Waals surface area contributed by atoms with E-state index >= 15 is 0 Å². The maximum atomic E-state index is 2.44. The molecule has 0 aromatic heterocycles. The molecule has 0 saturated heterocycles. The third kappa shape index (κ3) is 1.81. The molecule has 0 fully saturated rings. The minimum absolute atomic E-state index is 0.161. The van der Waals surface area contributed by atoms with E-state index in [2.05, 4.69) is 79.7 Å². The highest BCUT2D eigenvalue weighted by Gasteiger charge is 2.57. The van der Waals surface area contributed by atoms with Gasteiger partial charge in [-0.25, -0.2) is 0 Å². The van der Waals surface area contributed by atoms with Gasteiger partial charge >= 0.3 is 0 Å². The summed E-state index contributed by atoms with van der Waals surface area (Å²) in [6, 6.07) is 8.97. The van der Waals surface area contributed by atoms with E-state index in [4.69, 9.17) is 0 Å². The molecule has 1 aliphatic rings. The molecule has 0 aliphatic carbocycles. The van der Waals surface area contributed by atoms with Gasteiger partial charge in [0.25, 0.3) is 0 Å². The van der Waals surface area contributed by atoms with Gasteiger partial charge in [-0.15, -0.1) is 11.8 Å². The van der Waals surface area contributed by atoms with Crippen molar-refractivity contribution in [1.82, 2.24) is 0 Å². The van der Waals surface area contributed by atoms with E-state index in [1.54, 1.807) is 0 Å². The Labute approximate surface area is 123 Å². The number of hydrogen-bond acceptors (Lipinski definition) is 1. The van der Waals surface area contributed by atoms with Gasteiger partial charge in [0.05, 0.1) is 0 Å². The van der Waals surface area contributed by atoms with Crippen molar-refractivity contribution in [1.29, 1.82) is 0 Å². The highest BCUT2D eigenvalue weighted by atomic mass is 32.2. The fraction of sp³-hybridized carbons (Fsp3) is 0.667. The lowest BCUT2D eigenvalue weighted by molar-refractivity contribution is 0.00815. The summed E-state index contributed by atoms with van der Waals surface area (Å²) in [6.45, 7) is 19.4. The first-order valence-electron chi connectivity index (χ1n) is 7.24. The minimum Gasteiger partial charge on any atom is -0.119 e. The molecule has 0 atom stereocenters. The second-order valence-corrected chi connectivity index (χ2v) is 9.65. The molecule has 0 unspecified atom stereocenters. The van der Waals surface area contributed by atoms with Crippen molar-refractivity contribution in [3.8, 4) is 0 Å². The zero-order valence-electron chi connectivity index (χ0n) is 13.7. The molecular formula is C18H28S. The van der Waals surface area contributed by atoms with E-state index < -0.39 is 0 Å². The SMILES string of the molecule is CC1(C)Sc2ccccc2C(C)(C)C(C)(C)C1(C)C. The van der Waals surface area contributed by atoms with Crippen molar-refractivity contribution in [2.45, 2.75) is 70.4 Å². The third-order valence-corrected chi connectivity index (χ3v) is 8.15. The zero-order valence-corrected chi connectivity index (χ0v) is 14.5. The first kappa shape index (κ1) is 15.0. The number of hydrogen-bond donors (Lipinski definition) is 0. The Hall–Kier alpha value is -0.430. The molecule has 1 aromatic carbocycles. The van der Waals surface area contributed by atoms with E-state index in [1.807, 2.05) is 11.8 Å². The quantitative estimate of drug-likeness (QED) is 0.568. The summed E-state index contributed by atoms with van der Waals surface area (Å²) >= 11 is 2.05.